The van der Waals surface area contributed by atoms with Crippen molar-refractivity contribution < 1.29 is 42.6 Å². The predicted octanol–water partition coefficient (Wildman–Crippen LogP) is 4.50. The molecule has 1 aliphatic rings. The number of rotatable bonds is 8. The molecule has 2 heterocycles. The van der Waals surface area contributed by atoms with Gasteiger partial charge in [-0.05, 0) is 65.7 Å². The van der Waals surface area contributed by atoms with Gasteiger partial charge in [0.15, 0.2) is 12.2 Å². The monoisotopic (exact) mass is 561 g/mol. The van der Waals surface area contributed by atoms with E-state index in [-0.39, 0.29) is 19.5 Å². The lowest BCUT2D eigenvalue weighted by Gasteiger charge is -2.30. The van der Waals surface area contributed by atoms with Crippen molar-refractivity contribution in [2.45, 2.75) is 83.8 Å². The normalized spacial score (nSPS) is 19.1. The van der Waals surface area contributed by atoms with Gasteiger partial charge < -0.3 is 33.5 Å². The Morgan fingerprint density at radius 3 is 2.25 bits per heavy atom. The van der Waals surface area contributed by atoms with Crippen molar-refractivity contribution in [2.75, 3.05) is 20.2 Å². The Kier molecular flexibility index (Phi) is 9.88. The van der Waals surface area contributed by atoms with Crippen LogP contribution in [-0.2, 0) is 31.8 Å². The molecule has 1 aromatic heterocycles. The smallest absolute Gasteiger partial charge is 0.497 e. The maximum absolute atomic E-state index is 13.3. The van der Waals surface area contributed by atoms with Crippen LogP contribution in [0.25, 0.3) is 0 Å². The lowest BCUT2D eigenvalue weighted by atomic mass is 10.0. The summed E-state index contributed by atoms with van der Waals surface area (Å²) >= 11 is 0. The van der Waals surface area contributed by atoms with Gasteiger partial charge in [0.25, 0.3) is 0 Å². The van der Waals surface area contributed by atoms with Gasteiger partial charge in [0.1, 0.15) is 23.2 Å². The van der Waals surface area contributed by atoms with E-state index in [2.05, 4.69) is 10.5 Å². The molecule has 220 valence electrons. The van der Waals surface area contributed by atoms with Crippen LogP contribution in [0.5, 0.6) is 5.75 Å². The van der Waals surface area contributed by atoms with Crippen LogP contribution in [0.15, 0.2) is 41.1 Å². The lowest BCUT2D eigenvalue weighted by molar-refractivity contribution is -0.0517. The van der Waals surface area contributed by atoms with Gasteiger partial charge >= 0.3 is 18.3 Å². The molecule has 3 atom stereocenters. The molecule has 3 rings (SSSR count). The van der Waals surface area contributed by atoms with E-state index in [9.17, 15) is 14.4 Å². The average molecular weight is 562 g/mol. The molecule has 0 bridgehead atoms. The zero-order chi connectivity index (χ0) is 29.5. The highest BCUT2D eigenvalue weighted by Gasteiger charge is 2.50. The molecule has 0 unspecified atom stereocenters. The fraction of sp³-hybridized carbons (Fsp3) is 0.571. The van der Waals surface area contributed by atoms with Crippen molar-refractivity contribution in [3.63, 3.8) is 0 Å². The molecule has 1 aromatic carbocycles. The highest BCUT2D eigenvalue weighted by molar-refractivity contribution is 5.71. The second kappa shape index (κ2) is 12.9. The third-order valence-electron chi connectivity index (χ3n) is 5.78. The maximum atomic E-state index is 13.3. The molecular weight excluding hydrogens is 522 g/mol. The Morgan fingerprint density at radius 2 is 1.68 bits per heavy atom. The van der Waals surface area contributed by atoms with Crippen molar-refractivity contribution in [3.05, 3.63) is 47.9 Å². The van der Waals surface area contributed by atoms with Crippen molar-refractivity contribution in [1.29, 1.82) is 0 Å². The van der Waals surface area contributed by atoms with Crippen LogP contribution in [-0.4, -0.2) is 78.0 Å². The summed E-state index contributed by atoms with van der Waals surface area (Å²) in [6, 6.07) is 8.27. The topological polar surface area (TPSA) is 139 Å². The Balaban J connectivity index is 1.86. The summed E-state index contributed by atoms with van der Waals surface area (Å²) in [5.74, 6) is 0.671. The maximum Gasteiger partial charge on any atom is 0.509 e. The number of amides is 2. The third kappa shape index (κ3) is 9.35. The molecule has 0 aliphatic carbocycles. The quantitative estimate of drug-likeness (QED) is 0.362. The summed E-state index contributed by atoms with van der Waals surface area (Å²) in [5.41, 5.74) is -0.0726. The molecule has 40 heavy (non-hydrogen) atoms. The van der Waals surface area contributed by atoms with Gasteiger partial charge in [0.05, 0.1) is 25.4 Å². The van der Waals surface area contributed by atoms with E-state index in [0.717, 1.165) is 5.56 Å². The first kappa shape index (κ1) is 30.6. The molecule has 0 spiro atoms. The van der Waals surface area contributed by atoms with E-state index in [1.807, 2.05) is 12.1 Å². The SMILES string of the molecule is COc1ccc(C[C@@H]2[C@H](OC(=O)NCCc3ccon3)[C@@H](OC(=O)OC(C)(C)C)CN2C(=O)OC(C)(C)C)cc1. The minimum Gasteiger partial charge on any atom is -0.497 e. The summed E-state index contributed by atoms with van der Waals surface area (Å²) in [7, 11) is 1.57. The number of benzene rings is 1. The van der Waals surface area contributed by atoms with Gasteiger partial charge in [0.2, 0.25) is 0 Å². The van der Waals surface area contributed by atoms with Gasteiger partial charge in [-0.2, -0.15) is 0 Å². The summed E-state index contributed by atoms with van der Waals surface area (Å²) < 4.78 is 32.5. The Bertz CT molecular complexity index is 1120. The summed E-state index contributed by atoms with van der Waals surface area (Å²) in [5, 5.41) is 6.49. The number of methoxy groups -OCH3 is 1. The molecule has 2 aromatic rings. The Morgan fingerprint density at radius 1 is 1.00 bits per heavy atom. The molecule has 1 fully saturated rings. The van der Waals surface area contributed by atoms with E-state index >= 15 is 0 Å². The predicted molar refractivity (Wildman–Crippen MR) is 143 cm³/mol. The van der Waals surface area contributed by atoms with E-state index in [1.54, 1.807) is 66.9 Å². The minimum absolute atomic E-state index is 0.0636. The number of carbonyl (C=O) groups is 3. The first-order chi connectivity index (χ1) is 18.7. The number of carbonyl (C=O) groups excluding carboxylic acids is 3. The number of likely N-dealkylation sites (tertiary alicyclic amines) is 1. The fourth-order valence-corrected chi connectivity index (χ4v) is 4.10. The lowest BCUT2D eigenvalue weighted by Crippen LogP contribution is -2.46. The van der Waals surface area contributed by atoms with E-state index in [4.69, 9.17) is 28.2 Å². The molecule has 12 nitrogen and oxygen atoms in total. The van der Waals surface area contributed by atoms with Crippen LogP contribution in [0.4, 0.5) is 14.4 Å². The molecule has 12 heteroatoms. The summed E-state index contributed by atoms with van der Waals surface area (Å²) in [6.45, 7) is 10.6. The summed E-state index contributed by atoms with van der Waals surface area (Å²) in [6.07, 6.45) is -2.17. The Hall–Kier alpha value is -3.96. The molecule has 1 saturated heterocycles. The standard InChI is InChI=1S/C28H39N3O9/c1-27(2,3)39-25(33)31-17-22(37-26(34)40-28(4,5)6)23(21(31)16-18-8-10-20(35-7)11-9-18)38-24(32)29-14-12-19-13-15-36-30-19/h8-11,13,15,21-23H,12,14,16-17H2,1-7H3,(H,29,32)/t21-,22+,23+/m1/s1. The number of alkyl carbamates (subject to hydrolysis) is 1. The average Bonchev–Trinajstić information content (AvgIpc) is 3.46. The molecule has 1 aliphatic heterocycles. The highest BCUT2D eigenvalue weighted by Crippen LogP contribution is 2.30. The first-order valence-electron chi connectivity index (χ1n) is 13.1. The van der Waals surface area contributed by atoms with Crippen LogP contribution in [0.1, 0.15) is 52.8 Å². The van der Waals surface area contributed by atoms with E-state index in [0.29, 0.717) is 17.9 Å². The van der Waals surface area contributed by atoms with Crippen LogP contribution < -0.4 is 10.1 Å². The number of ether oxygens (including phenoxy) is 5. The summed E-state index contributed by atoms with van der Waals surface area (Å²) in [4.78, 5) is 40.2. The number of hydrogen-bond donors (Lipinski definition) is 1. The fourth-order valence-electron chi connectivity index (χ4n) is 4.10. The van der Waals surface area contributed by atoms with Crippen LogP contribution >= 0.6 is 0 Å². The molecule has 0 radical (unpaired) electrons. The van der Waals surface area contributed by atoms with Crippen LogP contribution in [0, 0.1) is 0 Å². The van der Waals surface area contributed by atoms with Gasteiger partial charge in [0, 0.05) is 19.0 Å². The minimum atomic E-state index is -1.02. The largest absolute Gasteiger partial charge is 0.509 e. The van der Waals surface area contributed by atoms with Crippen molar-refractivity contribution >= 4 is 18.3 Å². The third-order valence-corrected chi connectivity index (χ3v) is 5.78. The van der Waals surface area contributed by atoms with E-state index in [1.165, 1.54) is 11.2 Å². The van der Waals surface area contributed by atoms with Gasteiger partial charge in [-0.25, -0.2) is 14.4 Å². The van der Waals surface area contributed by atoms with Gasteiger partial charge in [-0.1, -0.05) is 17.3 Å². The van der Waals surface area contributed by atoms with Crippen molar-refractivity contribution in [3.8, 4) is 5.75 Å². The second-order valence-electron chi connectivity index (χ2n) is 11.4. The number of aromatic nitrogens is 1. The zero-order valence-electron chi connectivity index (χ0n) is 24.1. The van der Waals surface area contributed by atoms with E-state index < -0.39 is 47.8 Å². The number of nitrogens with zero attached hydrogens (tertiary/aromatic N) is 2. The van der Waals surface area contributed by atoms with Crippen LogP contribution in [0.2, 0.25) is 0 Å². The first-order valence-corrected chi connectivity index (χ1v) is 13.1. The molecule has 0 saturated carbocycles. The zero-order valence-corrected chi connectivity index (χ0v) is 24.1. The highest BCUT2D eigenvalue weighted by atomic mass is 16.7. The molecular formula is C28H39N3O9. The van der Waals surface area contributed by atoms with Crippen LogP contribution in [0.3, 0.4) is 0 Å². The second-order valence-corrected chi connectivity index (χ2v) is 11.4. The van der Waals surface area contributed by atoms with Crippen molar-refractivity contribution in [2.24, 2.45) is 0 Å². The van der Waals surface area contributed by atoms with Crippen molar-refractivity contribution in [1.82, 2.24) is 15.4 Å². The molecule has 2 amide bonds. The number of nitrogens with one attached hydrogen (secondary N) is 1. The Labute approximate surface area is 234 Å². The van der Waals surface area contributed by atoms with Gasteiger partial charge in [-0.3, -0.25) is 4.90 Å². The number of hydrogen-bond acceptors (Lipinski definition) is 10. The molecule has 1 N–H and O–H groups in total. The van der Waals surface area contributed by atoms with Gasteiger partial charge in [-0.15, -0.1) is 0 Å².